The molecule has 3 heteroatoms. The van der Waals surface area contributed by atoms with Crippen molar-refractivity contribution in [1.29, 1.82) is 0 Å². The van der Waals surface area contributed by atoms with E-state index in [9.17, 15) is 5.11 Å². The van der Waals surface area contributed by atoms with Gasteiger partial charge in [0.25, 0.3) is 0 Å². The van der Waals surface area contributed by atoms with Crippen LogP contribution in [0.2, 0.25) is 0 Å². The Morgan fingerprint density at radius 1 is 1.54 bits per heavy atom. The second-order valence-electron chi connectivity index (χ2n) is 3.37. The van der Waals surface area contributed by atoms with Gasteiger partial charge >= 0.3 is 0 Å². The first-order valence-electron chi connectivity index (χ1n) is 4.42. The first kappa shape index (κ1) is 9.99. The quantitative estimate of drug-likeness (QED) is 0.759. The summed E-state index contributed by atoms with van der Waals surface area (Å²) in [6, 6.07) is 5.87. The molecule has 0 amide bonds. The predicted octanol–water partition coefficient (Wildman–Crippen LogP) is 1.21. The van der Waals surface area contributed by atoms with E-state index in [4.69, 9.17) is 0 Å². The number of aryl methyl sites for hydroxylation is 1. The van der Waals surface area contributed by atoms with Gasteiger partial charge < -0.3 is 10.0 Å². The third kappa shape index (κ3) is 3.03. The molecule has 0 aliphatic rings. The van der Waals surface area contributed by atoms with E-state index in [2.05, 4.69) is 4.98 Å². The Morgan fingerprint density at radius 3 is 2.77 bits per heavy atom. The third-order valence-corrected chi connectivity index (χ3v) is 1.80. The number of aliphatic hydroxyl groups excluding tert-OH is 1. The Hall–Kier alpha value is -1.09. The lowest BCUT2D eigenvalue weighted by Gasteiger charge is -2.19. The summed E-state index contributed by atoms with van der Waals surface area (Å²) in [5, 5.41) is 9.18. The van der Waals surface area contributed by atoms with E-state index in [-0.39, 0.29) is 6.10 Å². The van der Waals surface area contributed by atoms with Crippen molar-refractivity contribution in [3.05, 3.63) is 23.9 Å². The topological polar surface area (TPSA) is 36.4 Å². The van der Waals surface area contributed by atoms with Gasteiger partial charge in [-0.25, -0.2) is 4.98 Å². The number of hydrogen-bond donors (Lipinski definition) is 1. The van der Waals surface area contributed by atoms with Crippen molar-refractivity contribution in [2.75, 3.05) is 18.5 Å². The second-order valence-corrected chi connectivity index (χ2v) is 3.37. The number of aromatic nitrogens is 1. The summed E-state index contributed by atoms with van der Waals surface area (Å²) in [5.74, 6) is 0.904. The molecule has 0 aliphatic carbocycles. The fourth-order valence-corrected chi connectivity index (χ4v) is 1.23. The van der Waals surface area contributed by atoms with Crippen molar-refractivity contribution in [1.82, 2.24) is 4.98 Å². The summed E-state index contributed by atoms with van der Waals surface area (Å²) in [5.41, 5.74) is 0.995. The van der Waals surface area contributed by atoms with Crippen molar-refractivity contribution >= 4 is 5.82 Å². The van der Waals surface area contributed by atoms with Gasteiger partial charge in [-0.2, -0.15) is 0 Å². The van der Waals surface area contributed by atoms with Crippen LogP contribution in [-0.2, 0) is 0 Å². The number of rotatable bonds is 3. The van der Waals surface area contributed by atoms with E-state index in [1.165, 1.54) is 0 Å². The molecule has 0 aromatic carbocycles. The number of pyridine rings is 1. The molecule has 0 saturated heterocycles. The minimum Gasteiger partial charge on any atom is -0.392 e. The number of nitrogens with zero attached hydrogens (tertiary/aromatic N) is 2. The summed E-state index contributed by atoms with van der Waals surface area (Å²) < 4.78 is 0. The van der Waals surface area contributed by atoms with Gasteiger partial charge in [0.1, 0.15) is 5.82 Å². The normalized spacial score (nSPS) is 12.6. The average Bonchev–Trinajstić information content (AvgIpc) is 2.03. The van der Waals surface area contributed by atoms with Gasteiger partial charge in [0.15, 0.2) is 0 Å². The molecule has 0 aliphatic heterocycles. The van der Waals surface area contributed by atoms with Crippen molar-refractivity contribution < 1.29 is 5.11 Å². The standard InChI is InChI=1S/C10H16N2O/c1-8-5-4-6-10(11-8)12(3)7-9(2)13/h4-6,9,13H,7H2,1-3H3. The monoisotopic (exact) mass is 180 g/mol. The third-order valence-electron chi connectivity index (χ3n) is 1.80. The molecule has 13 heavy (non-hydrogen) atoms. The highest BCUT2D eigenvalue weighted by Crippen LogP contribution is 2.09. The maximum atomic E-state index is 9.18. The number of hydrogen-bond acceptors (Lipinski definition) is 3. The second kappa shape index (κ2) is 4.23. The van der Waals surface area contributed by atoms with Crippen molar-refractivity contribution in [3.8, 4) is 0 Å². The predicted molar refractivity (Wildman–Crippen MR) is 53.9 cm³/mol. The molecule has 1 rings (SSSR count). The highest BCUT2D eigenvalue weighted by Gasteiger charge is 2.04. The number of likely N-dealkylation sites (N-methyl/N-ethyl adjacent to an activating group) is 1. The van der Waals surface area contributed by atoms with Crippen LogP contribution in [0, 0.1) is 6.92 Å². The lowest BCUT2D eigenvalue weighted by Crippen LogP contribution is -2.27. The summed E-state index contributed by atoms with van der Waals surface area (Å²) >= 11 is 0. The minimum atomic E-state index is -0.327. The first-order valence-corrected chi connectivity index (χ1v) is 4.42. The van der Waals surface area contributed by atoms with Gasteiger partial charge in [-0.15, -0.1) is 0 Å². The van der Waals surface area contributed by atoms with Crippen LogP contribution in [0.25, 0.3) is 0 Å². The van der Waals surface area contributed by atoms with Crippen LogP contribution < -0.4 is 4.90 Å². The van der Waals surface area contributed by atoms with Crippen LogP contribution in [0.1, 0.15) is 12.6 Å². The Balaban J connectivity index is 2.71. The van der Waals surface area contributed by atoms with E-state index in [1.54, 1.807) is 6.92 Å². The van der Waals surface area contributed by atoms with Gasteiger partial charge in [-0.3, -0.25) is 0 Å². The van der Waals surface area contributed by atoms with Crippen molar-refractivity contribution in [2.45, 2.75) is 20.0 Å². The molecule has 0 bridgehead atoms. The number of aliphatic hydroxyl groups is 1. The van der Waals surface area contributed by atoms with Crippen LogP contribution in [0.5, 0.6) is 0 Å². The molecule has 0 fully saturated rings. The van der Waals surface area contributed by atoms with Gasteiger partial charge in [0.05, 0.1) is 6.10 Å². The minimum absolute atomic E-state index is 0.327. The lowest BCUT2D eigenvalue weighted by molar-refractivity contribution is 0.201. The maximum absolute atomic E-state index is 9.18. The smallest absolute Gasteiger partial charge is 0.128 e. The molecule has 72 valence electrons. The van der Waals surface area contributed by atoms with E-state index in [0.717, 1.165) is 11.5 Å². The largest absolute Gasteiger partial charge is 0.392 e. The van der Waals surface area contributed by atoms with Gasteiger partial charge in [-0.1, -0.05) is 6.07 Å². The molecule has 1 heterocycles. The average molecular weight is 180 g/mol. The van der Waals surface area contributed by atoms with Crippen molar-refractivity contribution in [2.24, 2.45) is 0 Å². The molecule has 0 radical (unpaired) electrons. The van der Waals surface area contributed by atoms with Gasteiger partial charge in [0, 0.05) is 19.3 Å². The van der Waals surface area contributed by atoms with Crippen LogP contribution in [0.15, 0.2) is 18.2 Å². The fourth-order valence-electron chi connectivity index (χ4n) is 1.23. The fraction of sp³-hybridized carbons (Fsp3) is 0.500. The van der Waals surface area contributed by atoms with E-state index >= 15 is 0 Å². The number of anilines is 1. The molecule has 0 saturated carbocycles. The summed E-state index contributed by atoms with van der Waals surface area (Å²) in [6.07, 6.45) is -0.327. The first-order chi connectivity index (χ1) is 6.09. The Bertz CT molecular complexity index is 273. The zero-order valence-corrected chi connectivity index (χ0v) is 8.36. The molecule has 3 nitrogen and oxygen atoms in total. The van der Waals surface area contributed by atoms with Crippen LogP contribution >= 0.6 is 0 Å². The summed E-state index contributed by atoms with van der Waals surface area (Å²) in [6.45, 7) is 4.34. The zero-order chi connectivity index (χ0) is 9.84. The zero-order valence-electron chi connectivity index (χ0n) is 8.36. The van der Waals surface area contributed by atoms with Gasteiger partial charge in [0.2, 0.25) is 0 Å². The van der Waals surface area contributed by atoms with Crippen LogP contribution in [0.3, 0.4) is 0 Å². The molecular weight excluding hydrogens is 164 g/mol. The highest BCUT2D eigenvalue weighted by molar-refractivity contribution is 5.37. The molecule has 0 spiro atoms. The maximum Gasteiger partial charge on any atom is 0.128 e. The SMILES string of the molecule is Cc1cccc(N(C)CC(C)O)n1. The van der Waals surface area contributed by atoms with Crippen LogP contribution in [0.4, 0.5) is 5.82 Å². The molecule has 1 atom stereocenters. The summed E-state index contributed by atoms with van der Waals surface area (Å²) in [4.78, 5) is 6.28. The molecule has 1 N–H and O–H groups in total. The van der Waals surface area contributed by atoms with E-state index in [1.807, 2.05) is 37.1 Å². The molecular formula is C10H16N2O. The Kier molecular flexibility index (Phi) is 3.25. The van der Waals surface area contributed by atoms with Crippen molar-refractivity contribution in [3.63, 3.8) is 0 Å². The van der Waals surface area contributed by atoms with E-state index < -0.39 is 0 Å². The Labute approximate surface area is 79.0 Å². The Morgan fingerprint density at radius 2 is 2.23 bits per heavy atom. The van der Waals surface area contributed by atoms with E-state index in [0.29, 0.717) is 6.54 Å². The summed E-state index contributed by atoms with van der Waals surface area (Å²) in [7, 11) is 1.93. The van der Waals surface area contributed by atoms with Gasteiger partial charge in [-0.05, 0) is 26.0 Å². The molecule has 1 aromatic rings. The molecule has 1 unspecified atom stereocenters. The van der Waals surface area contributed by atoms with Crippen LogP contribution in [-0.4, -0.2) is 29.8 Å². The molecule has 1 aromatic heterocycles. The highest BCUT2D eigenvalue weighted by atomic mass is 16.3. The lowest BCUT2D eigenvalue weighted by atomic mass is 10.3.